The Labute approximate surface area is 212 Å². The third kappa shape index (κ3) is 4.81. The van der Waals surface area contributed by atoms with Gasteiger partial charge >= 0.3 is 0 Å². The average Bonchev–Trinajstić information content (AvgIpc) is 3.14. The minimum Gasteiger partial charge on any atom is -0.355 e. The van der Waals surface area contributed by atoms with Crippen molar-refractivity contribution >= 4 is 49.9 Å². The second-order valence-corrected chi connectivity index (χ2v) is 12.1. The van der Waals surface area contributed by atoms with Gasteiger partial charge in [0.2, 0.25) is 10.0 Å². The number of rotatable bonds is 7. The van der Waals surface area contributed by atoms with Gasteiger partial charge in [0.05, 0.1) is 17.0 Å². The number of piperidine rings is 1. The molecule has 4 rings (SSSR count). The van der Waals surface area contributed by atoms with Gasteiger partial charge in [0, 0.05) is 47.2 Å². The Balaban J connectivity index is 1.82. The highest BCUT2D eigenvalue weighted by Gasteiger charge is 2.32. The summed E-state index contributed by atoms with van der Waals surface area (Å²) in [4.78, 5) is 2.44. The van der Waals surface area contributed by atoms with Crippen LogP contribution in [0.25, 0.3) is 10.9 Å². The highest BCUT2D eigenvalue weighted by molar-refractivity contribution is 7.89. The lowest BCUT2D eigenvalue weighted by atomic mass is 9.94. The third-order valence-electron chi connectivity index (χ3n) is 6.61. The summed E-state index contributed by atoms with van der Waals surface area (Å²) < 4.78 is 30.7. The molecule has 1 aliphatic rings. The summed E-state index contributed by atoms with van der Waals surface area (Å²) in [7, 11) is -3.60. The van der Waals surface area contributed by atoms with Gasteiger partial charge in [0.25, 0.3) is 0 Å². The predicted molar refractivity (Wildman–Crippen MR) is 141 cm³/mol. The van der Waals surface area contributed by atoms with E-state index in [-0.39, 0.29) is 0 Å². The van der Waals surface area contributed by atoms with E-state index in [0.717, 1.165) is 41.8 Å². The second kappa shape index (κ2) is 10.1. The number of benzene rings is 2. The maximum atomic E-state index is 13.6. The van der Waals surface area contributed by atoms with E-state index in [1.54, 1.807) is 16.4 Å². The van der Waals surface area contributed by atoms with Crippen LogP contribution in [0.4, 0.5) is 5.82 Å². The first-order valence-corrected chi connectivity index (χ1v) is 14.0. The number of hydrogen-bond acceptors (Lipinski definition) is 4. The van der Waals surface area contributed by atoms with Crippen LogP contribution in [0.1, 0.15) is 39.7 Å². The fourth-order valence-electron chi connectivity index (χ4n) is 4.96. The lowest BCUT2D eigenvalue weighted by Crippen LogP contribution is -2.42. The number of anilines is 1. The van der Waals surface area contributed by atoms with Crippen LogP contribution >= 0.6 is 23.2 Å². The molecule has 3 aromatic rings. The molecule has 2 atom stereocenters. The summed E-state index contributed by atoms with van der Waals surface area (Å²) >= 11 is 12.9. The van der Waals surface area contributed by atoms with Crippen molar-refractivity contribution in [1.29, 1.82) is 0 Å². The Hall–Kier alpha value is -1.80. The molecular formula is C25H32Cl2N4O2S. The maximum Gasteiger partial charge on any atom is 0.243 e. The predicted octanol–water partition coefficient (Wildman–Crippen LogP) is 5.90. The van der Waals surface area contributed by atoms with Gasteiger partial charge in [-0.25, -0.2) is 8.42 Å². The first kappa shape index (κ1) is 25.3. The number of fused-ring (bicyclic) bond motifs is 1. The Kier molecular flexibility index (Phi) is 7.48. The lowest BCUT2D eigenvalue weighted by Gasteiger charge is -2.34. The second-order valence-electron chi connectivity index (χ2n) is 9.30. The van der Waals surface area contributed by atoms with Crippen molar-refractivity contribution in [2.45, 2.75) is 45.6 Å². The zero-order chi connectivity index (χ0) is 24.6. The van der Waals surface area contributed by atoms with E-state index in [4.69, 9.17) is 28.3 Å². The molecule has 0 bridgehead atoms. The summed E-state index contributed by atoms with van der Waals surface area (Å²) in [5.41, 5.74) is 1.63. The molecule has 2 unspecified atom stereocenters. The molecule has 2 heterocycles. The van der Waals surface area contributed by atoms with Gasteiger partial charge in [-0.2, -0.15) is 9.40 Å². The van der Waals surface area contributed by atoms with Crippen molar-refractivity contribution in [3.8, 4) is 0 Å². The monoisotopic (exact) mass is 522 g/mol. The molecule has 9 heteroatoms. The van der Waals surface area contributed by atoms with E-state index in [9.17, 15) is 8.42 Å². The molecule has 0 N–H and O–H groups in total. The minimum atomic E-state index is -3.60. The normalized spacial score (nSPS) is 19.6. The van der Waals surface area contributed by atoms with Gasteiger partial charge in [-0.1, -0.05) is 43.1 Å². The Morgan fingerprint density at radius 3 is 2.24 bits per heavy atom. The maximum absolute atomic E-state index is 13.6. The molecule has 0 aliphatic carbocycles. The quantitative estimate of drug-likeness (QED) is 0.387. The number of sulfonamides is 1. The van der Waals surface area contributed by atoms with Crippen LogP contribution in [0.5, 0.6) is 0 Å². The summed E-state index contributed by atoms with van der Waals surface area (Å²) in [6.07, 6.45) is 1.05. The SMILES string of the molecule is CCN(CC)c1nn(Cc2c(Cl)cccc2Cl)c2ccc(S(=O)(=O)N3CC(C)CC(C)C3)cc12. The highest BCUT2D eigenvalue weighted by Crippen LogP contribution is 2.33. The smallest absolute Gasteiger partial charge is 0.243 e. The molecule has 2 aromatic carbocycles. The van der Waals surface area contributed by atoms with Crippen LogP contribution in [-0.2, 0) is 16.6 Å². The van der Waals surface area contributed by atoms with Crippen molar-refractivity contribution in [2.75, 3.05) is 31.1 Å². The van der Waals surface area contributed by atoms with Crippen LogP contribution in [0.3, 0.4) is 0 Å². The molecule has 1 fully saturated rings. The van der Waals surface area contributed by atoms with Crippen LogP contribution in [-0.4, -0.2) is 48.7 Å². The molecule has 0 spiro atoms. The zero-order valence-corrected chi connectivity index (χ0v) is 22.5. The molecule has 1 aliphatic heterocycles. The van der Waals surface area contributed by atoms with E-state index in [0.29, 0.717) is 46.4 Å². The summed E-state index contributed by atoms with van der Waals surface area (Å²) in [6, 6.07) is 10.8. The average molecular weight is 524 g/mol. The number of nitrogens with zero attached hydrogens (tertiary/aromatic N) is 4. The zero-order valence-electron chi connectivity index (χ0n) is 20.1. The number of aromatic nitrogens is 2. The van der Waals surface area contributed by atoms with Gasteiger partial charge < -0.3 is 4.90 Å². The standard InChI is InChI=1S/C25H32Cl2N4O2S/c1-5-29(6-2)25-20-13-19(34(32,33)30-14-17(3)12-18(4)15-30)10-11-24(20)31(28-25)16-21-22(26)8-7-9-23(21)27/h7-11,13,17-18H,5-6,12,14-16H2,1-4H3. The van der Waals surface area contributed by atoms with E-state index in [1.807, 2.05) is 28.9 Å². The van der Waals surface area contributed by atoms with Gasteiger partial charge in [-0.15, -0.1) is 0 Å². The minimum absolute atomic E-state index is 0.310. The molecular weight excluding hydrogens is 491 g/mol. The van der Waals surface area contributed by atoms with E-state index < -0.39 is 10.0 Å². The Bertz CT molecular complexity index is 1260. The Morgan fingerprint density at radius 2 is 1.65 bits per heavy atom. The fraction of sp³-hybridized carbons (Fsp3) is 0.480. The van der Waals surface area contributed by atoms with Crippen LogP contribution in [0.2, 0.25) is 10.0 Å². The van der Waals surface area contributed by atoms with Crippen LogP contribution in [0, 0.1) is 11.8 Å². The summed E-state index contributed by atoms with van der Waals surface area (Å²) in [5.74, 6) is 1.45. The molecule has 1 saturated heterocycles. The molecule has 6 nitrogen and oxygen atoms in total. The topological polar surface area (TPSA) is 58.4 Å². The lowest BCUT2D eigenvalue weighted by molar-refractivity contribution is 0.222. The van der Waals surface area contributed by atoms with Crippen LogP contribution in [0.15, 0.2) is 41.3 Å². The van der Waals surface area contributed by atoms with Crippen molar-refractivity contribution in [1.82, 2.24) is 14.1 Å². The molecule has 0 saturated carbocycles. The molecule has 0 radical (unpaired) electrons. The van der Waals surface area contributed by atoms with E-state index in [2.05, 4.69) is 32.6 Å². The van der Waals surface area contributed by atoms with Crippen molar-refractivity contribution in [2.24, 2.45) is 11.8 Å². The summed E-state index contributed by atoms with van der Waals surface area (Å²) in [6.45, 7) is 11.4. The molecule has 1 aromatic heterocycles. The van der Waals surface area contributed by atoms with Crippen molar-refractivity contribution < 1.29 is 8.42 Å². The number of hydrogen-bond donors (Lipinski definition) is 0. The van der Waals surface area contributed by atoms with Gasteiger partial charge in [0.15, 0.2) is 5.82 Å². The third-order valence-corrected chi connectivity index (χ3v) is 9.14. The molecule has 34 heavy (non-hydrogen) atoms. The van der Waals surface area contributed by atoms with Crippen LogP contribution < -0.4 is 4.90 Å². The van der Waals surface area contributed by atoms with Crippen molar-refractivity contribution in [3.63, 3.8) is 0 Å². The van der Waals surface area contributed by atoms with Gasteiger partial charge in [-0.05, 0) is 62.4 Å². The van der Waals surface area contributed by atoms with E-state index >= 15 is 0 Å². The van der Waals surface area contributed by atoms with Gasteiger partial charge in [0.1, 0.15) is 0 Å². The van der Waals surface area contributed by atoms with Crippen molar-refractivity contribution in [3.05, 3.63) is 52.0 Å². The molecule has 184 valence electrons. The highest BCUT2D eigenvalue weighted by atomic mass is 35.5. The largest absolute Gasteiger partial charge is 0.355 e. The first-order valence-electron chi connectivity index (χ1n) is 11.8. The first-order chi connectivity index (χ1) is 16.1. The van der Waals surface area contributed by atoms with E-state index in [1.165, 1.54) is 0 Å². The molecule has 0 amide bonds. The number of halogens is 2. The summed E-state index contributed by atoms with van der Waals surface area (Å²) in [5, 5.41) is 6.85. The Morgan fingerprint density at radius 1 is 1.03 bits per heavy atom. The van der Waals surface area contributed by atoms with Gasteiger partial charge in [-0.3, -0.25) is 4.68 Å². The fourth-order valence-corrected chi connectivity index (χ4v) is 7.19.